The third-order valence-electron chi connectivity index (χ3n) is 3.08. The van der Waals surface area contributed by atoms with E-state index in [0.29, 0.717) is 6.42 Å². The van der Waals surface area contributed by atoms with Crippen LogP contribution in [0.15, 0.2) is 40.9 Å². The third-order valence-corrected chi connectivity index (χ3v) is 5.29. The van der Waals surface area contributed by atoms with Crippen molar-refractivity contribution in [1.29, 1.82) is 0 Å². The summed E-state index contributed by atoms with van der Waals surface area (Å²) in [7, 11) is 0. The van der Waals surface area contributed by atoms with Crippen LogP contribution in [0.25, 0.3) is 0 Å². The Balaban J connectivity index is 2.25. The van der Waals surface area contributed by atoms with E-state index >= 15 is 0 Å². The lowest BCUT2D eigenvalue weighted by Crippen LogP contribution is -2.15. The average Bonchev–Trinajstić information content (AvgIpc) is 2.36. The number of aryl methyl sites for hydroxylation is 1. The predicted octanol–water partition coefficient (Wildman–Crippen LogP) is 4.74. The maximum atomic E-state index is 13.1. The largest absolute Gasteiger partial charge is 0.324 e. The van der Waals surface area contributed by atoms with Gasteiger partial charge in [-0.15, -0.1) is 0 Å². The Morgan fingerprint density at radius 1 is 1.32 bits per heavy atom. The van der Waals surface area contributed by atoms with Crippen molar-refractivity contribution >= 4 is 38.5 Å². The van der Waals surface area contributed by atoms with Crippen molar-refractivity contribution in [2.24, 2.45) is 5.73 Å². The fourth-order valence-corrected chi connectivity index (χ4v) is 3.26. The molecule has 0 aliphatic rings. The van der Waals surface area contributed by atoms with E-state index in [0.717, 1.165) is 15.6 Å². The Morgan fingerprint density at radius 3 is 2.74 bits per heavy atom. The van der Waals surface area contributed by atoms with Gasteiger partial charge in [-0.05, 0) is 64.8 Å². The molecule has 0 saturated carbocycles. The first kappa shape index (κ1) is 14.9. The van der Waals surface area contributed by atoms with Gasteiger partial charge >= 0.3 is 0 Å². The Bertz CT molecular complexity index is 601. The van der Waals surface area contributed by atoms with Gasteiger partial charge in [-0.2, -0.15) is 0 Å². The standard InChI is InChI=1S/C15H14BrFIN/c1-9-3-2-4-12(15(9)18)14(19)7-10-5-6-11(17)8-13(10)16/h2-6,8,14H,7,19H2,1H3. The molecule has 0 radical (unpaired) electrons. The molecule has 2 rings (SSSR count). The first-order valence-electron chi connectivity index (χ1n) is 5.93. The average molecular weight is 434 g/mol. The molecule has 1 unspecified atom stereocenters. The molecular formula is C15H14BrFIN. The van der Waals surface area contributed by atoms with Gasteiger partial charge in [0.25, 0.3) is 0 Å². The van der Waals surface area contributed by atoms with E-state index in [2.05, 4.69) is 57.6 Å². The second-order valence-corrected chi connectivity index (χ2v) is 6.46. The molecule has 1 atom stereocenters. The Labute approximate surface area is 134 Å². The molecule has 19 heavy (non-hydrogen) atoms. The van der Waals surface area contributed by atoms with Gasteiger partial charge in [-0.3, -0.25) is 0 Å². The summed E-state index contributed by atoms with van der Waals surface area (Å²) in [6.45, 7) is 2.08. The Morgan fingerprint density at radius 2 is 2.05 bits per heavy atom. The van der Waals surface area contributed by atoms with E-state index in [1.165, 1.54) is 21.3 Å². The molecular weight excluding hydrogens is 420 g/mol. The lowest BCUT2D eigenvalue weighted by atomic mass is 9.98. The van der Waals surface area contributed by atoms with Crippen LogP contribution in [-0.4, -0.2) is 0 Å². The molecule has 0 fully saturated rings. The van der Waals surface area contributed by atoms with Gasteiger partial charge in [0.05, 0.1) is 0 Å². The Hall–Kier alpha value is -0.460. The molecule has 2 aromatic rings. The summed E-state index contributed by atoms with van der Waals surface area (Å²) < 4.78 is 15.0. The highest BCUT2D eigenvalue weighted by atomic mass is 127. The first-order valence-corrected chi connectivity index (χ1v) is 7.80. The van der Waals surface area contributed by atoms with Gasteiger partial charge in [0.15, 0.2) is 0 Å². The molecule has 0 saturated heterocycles. The van der Waals surface area contributed by atoms with Gasteiger partial charge in [0.1, 0.15) is 5.82 Å². The van der Waals surface area contributed by atoms with Crippen LogP contribution in [0, 0.1) is 16.3 Å². The lowest BCUT2D eigenvalue weighted by molar-refractivity contribution is 0.624. The second kappa shape index (κ2) is 6.33. The SMILES string of the molecule is Cc1cccc(C(N)Cc2ccc(F)cc2Br)c1I. The summed E-state index contributed by atoms with van der Waals surface area (Å²) >= 11 is 5.71. The highest BCUT2D eigenvalue weighted by molar-refractivity contribution is 14.1. The highest BCUT2D eigenvalue weighted by Gasteiger charge is 2.13. The molecule has 2 aromatic carbocycles. The fourth-order valence-electron chi connectivity index (χ4n) is 1.99. The van der Waals surface area contributed by atoms with E-state index in [4.69, 9.17) is 5.73 Å². The van der Waals surface area contributed by atoms with Crippen molar-refractivity contribution in [2.45, 2.75) is 19.4 Å². The van der Waals surface area contributed by atoms with Crippen molar-refractivity contribution in [2.75, 3.05) is 0 Å². The van der Waals surface area contributed by atoms with Gasteiger partial charge in [0, 0.05) is 14.1 Å². The third kappa shape index (κ3) is 3.55. The van der Waals surface area contributed by atoms with Crippen LogP contribution in [0.1, 0.15) is 22.7 Å². The number of halogens is 3. The molecule has 0 spiro atoms. The molecule has 0 aliphatic heterocycles. The molecule has 1 nitrogen and oxygen atoms in total. The van der Waals surface area contributed by atoms with Gasteiger partial charge in [-0.1, -0.05) is 40.2 Å². The van der Waals surface area contributed by atoms with E-state index in [1.807, 2.05) is 6.07 Å². The van der Waals surface area contributed by atoms with E-state index in [-0.39, 0.29) is 11.9 Å². The van der Waals surface area contributed by atoms with Crippen molar-refractivity contribution in [3.05, 3.63) is 66.9 Å². The minimum atomic E-state index is -0.241. The van der Waals surface area contributed by atoms with Crippen LogP contribution in [0.5, 0.6) is 0 Å². The molecule has 0 heterocycles. The number of nitrogens with two attached hydrogens (primary N) is 1. The molecule has 0 amide bonds. The van der Waals surface area contributed by atoms with Crippen LogP contribution in [0.4, 0.5) is 4.39 Å². The van der Waals surface area contributed by atoms with Crippen molar-refractivity contribution in [1.82, 2.24) is 0 Å². The lowest BCUT2D eigenvalue weighted by Gasteiger charge is -2.16. The van der Waals surface area contributed by atoms with Crippen LogP contribution < -0.4 is 5.73 Å². The summed E-state index contributed by atoms with van der Waals surface area (Å²) in [6.07, 6.45) is 0.681. The van der Waals surface area contributed by atoms with Gasteiger partial charge in [0.2, 0.25) is 0 Å². The van der Waals surface area contributed by atoms with E-state index in [1.54, 1.807) is 6.07 Å². The Kier molecular flexibility index (Phi) is 4.97. The topological polar surface area (TPSA) is 26.0 Å². The minimum absolute atomic E-state index is 0.0893. The summed E-state index contributed by atoms with van der Waals surface area (Å²) in [5.41, 5.74) is 9.67. The minimum Gasteiger partial charge on any atom is -0.324 e. The maximum absolute atomic E-state index is 13.1. The van der Waals surface area contributed by atoms with Crippen LogP contribution in [0.3, 0.4) is 0 Å². The summed E-state index contributed by atoms with van der Waals surface area (Å²) in [5.74, 6) is -0.241. The number of benzene rings is 2. The molecule has 4 heteroatoms. The molecule has 0 aromatic heterocycles. The molecule has 0 aliphatic carbocycles. The number of hydrogen-bond acceptors (Lipinski definition) is 1. The fraction of sp³-hybridized carbons (Fsp3) is 0.200. The normalized spacial score (nSPS) is 12.5. The van der Waals surface area contributed by atoms with Crippen LogP contribution in [0.2, 0.25) is 0 Å². The van der Waals surface area contributed by atoms with Gasteiger partial charge < -0.3 is 5.73 Å². The summed E-state index contributed by atoms with van der Waals surface area (Å²) in [5, 5.41) is 0. The highest BCUT2D eigenvalue weighted by Crippen LogP contribution is 2.27. The second-order valence-electron chi connectivity index (χ2n) is 4.52. The van der Waals surface area contributed by atoms with Crippen molar-refractivity contribution in [3.63, 3.8) is 0 Å². The van der Waals surface area contributed by atoms with E-state index in [9.17, 15) is 4.39 Å². The summed E-state index contributed by atoms with van der Waals surface area (Å²) in [6, 6.07) is 10.8. The van der Waals surface area contributed by atoms with Crippen LogP contribution >= 0.6 is 38.5 Å². The van der Waals surface area contributed by atoms with Gasteiger partial charge in [-0.25, -0.2) is 4.39 Å². The smallest absolute Gasteiger partial charge is 0.124 e. The van der Waals surface area contributed by atoms with Crippen molar-refractivity contribution in [3.8, 4) is 0 Å². The maximum Gasteiger partial charge on any atom is 0.124 e. The summed E-state index contributed by atoms with van der Waals surface area (Å²) in [4.78, 5) is 0. The van der Waals surface area contributed by atoms with Crippen molar-refractivity contribution < 1.29 is 4.39 Å². The first-order chi connectivity index (χ1) is 8.99. The molecule has 100 valence electrons. The molecule has 2 N–H and O–H groups in total. The zero-order valence-electron chi connectivity index (χ0n) is 10.5. The zero-order valence-corrected chi connectivity index (χ0v) is 14.2. The van der Waals surface area contributed by atoms with E-state index < -0.39 is 0 Å². The number of rotatable bonds is 3. The number of hydrogen-bond donors (Lipinski definition) is 1. The monoisotopic (exact) mass is 433 g/mol. The molecule has 0 bridgehead atoms. The zero-order chi connectivity index (χ0) is 14.0. The predicted molar refractivity (Wildman–Crippen MR) is 88.6 cm³/mol. The quantitative estimate of drug-likeness (QED) is 0.695. The van der Waals surface area contributed by atoms with Crippen LogP contribution in [-0.2, 0) is 6.42 Å².